The van der Waals surface area contributed by atoms with Gasteiger partial charge >= 0.3 is 0 Å². The lowest BCUT2D eigenvalue weighted by atomic mass is 10.0. The molecule has 0 saturated carbocycles. The highest BCUT2D eigenvalue weighted by Gasteiger charge is 2.35. The number of amides is 2. The number of hydrogen-bond acceptors (Lipinski definition) is 3. The minimum atomic E-state index is -0.270. The summed E-state index contributed by atoms with van der Waals surface area (Å²) >= 11 is 0. The van der Waals surface area contributed by atoms with Gasteiger partial charge in [-0.25, -0.2) is 0 Å². The van der Waals surface area contributed by atoms with Crippen LogP contribution in [0.4, 0.5) is 0 Å². The predicted octanol–water partition coefficient (Wildman–Crippen LogP) is 0.877. The van der Waals surface area contributed by atoms with Crippen LogP contribution in [0, 0.1) is 5.92 Å². The van der Waals surface area contributed by atoms with Crippen molar-refractivity contribution >= 4 is 11.8 Å². The maximum Gasteiger partial charge on any atom is 0.242 e. The summed E-state index contributed by atoms with van der Waals surface area (Å²) in [6.07, 6.45) is 4.44. The van der Waals surface area contributed by atoms with Crippen molar-refractivity contribution < 1.29 is 9.59 Å². The summed E-state index contributed by atoms with van der Waals surface area (Å²) < 4.78 is 0. The average Bonchev–Trinajstić information content (AvgIpc) is 2.85. The summed E-state index contributed by atoms with van der Waals surface area (Å²) in [5.74, 6) is 0.0356. The zero-order valence-corrected chi connectivity index (χ0v) is 12.3. The first-order chi connectivity index (χ1) is 8.97. The molecule has 1 fully saturated rings. The first kappa shape index (κ1) is 16.0. The molecule has 1 aliphatic rings. The van der Waals surface area contributed by atoms with E-state index in [0.29, 0.717) is 6.54 Å². The van der Waals surface area contributed by atoms with Crippen LogP contribution in [0.1, 0.15) is 46.0 Å². The van der Waals surface area contributed by atoms with Gasteiger partial charge in [-0.3, -0.25) is 9.59 Å². The number of nitrogens with two attached hydrogens (primary N) is 1. The maximum absolute atomic E-state index is 12.4. The van der Waals surface area contributed by atoms with Gasteiger partial charge in [0.25, 0.3) is 0 Å². The smallest absolute Gasteiger partial charge is 0.242 e. The number of nitrogens with one attached hydrogen (secondary N) is 1. The molecule has 5 heteroatoms. The third-order valence-electron chi connectivity index (χ3n) is 3.80. The number of rotatable bonds is 6. The van der Waals surface area contributed by atoms with Gasteiger partial charge in [-0.2, -0.15) is 0 Å². The number of carbonyl (C=O) groups is 2. The van der Waals surface area contributed by atoms with E-state index in [9.17, 15) is 9.59 Å². The van der Waals surface area contributed by atoms with Crippen LogP contribution in [0.15, 0.2) is 0 Å². The fraction of sp³-hybridized carbons (Fsp3) is 0.857. The lowest BCUT2D eigenvalue weighted by Gasteiger charge is -2.26. The van der Waals surface area contributed by atoms with E-state index in [1.807, 2.05) is 13.8 Å². The van der Waals surface area contributed by atoms with Crippen molar-refractivity contribution in [1.82, 2.24) is 10.2 Å². The molecule has 0 aromatic carbocycles. The summed E-state index contributed by atoms with van der Waals surface area (Å²) in [5.41, 5.74) is 5.71. The fourth-order valence-electron chi connectivity index (χ4n) is 2.62. The summed E-state index contributed by atoms with van der Waals surface area (Å²) in [4.78, 5) is 25.8. The number of nitrogens with zero attached hydrogens (tertiary/aromatic N) is 1. The van der Waals surface area contributed by atoms with Gasteiger partial charge < -0.3 is 16.0 Å². The highest BCUT2D eigenvalue weighted by molar-refractivity contribution is 5.88. The third-order valence-corrected chi connectivity index (χ3v) is 3.80. The van der Waals surface area contributed by atoms with Gasteiger partial charge in [0, 0.05) is 25.6 Å². The zero-order chi connectivity index (χ0) is 14.4. The Morgan fingerprint density at radius 2 is 2.05 bits per heavy atom. The van der Waals surface area contributed by atoms with Crippen LogP contribution in [0.25, 0.3) is 0 Å². The Balaban J connectivity index is 2.48. The lowest BCUT2D eigenvalue weighted by Crippen LogP contribution is -2.46. The Kier molecular flexibility index (Phi) is 6.28. The zero-order valence-electron chi connectivity index (χ0n) is 12.3. The summed E-state index contributed by atoms with van der Waals surface area (Å²) in [7, 11) is 1.62. The highest BCUT2D eigenvalue weighted by Crippen LogP contribution is 2.22. The molecule has 0 aliphatic carbocycles. The second kappa shape index (κ2) is 7.48. The van der Waals surface area contributed by atoms with Crippen LogP contribution >= 0.6 is 0 Å². The summed E-state index contributed by atoms with van der Waals surface area (Å²) in [6.45, 7) is 4.63. The minimum Gasteiger partial charge on any atom is -0.357 e. The van der Waals surface area contributed by atoms with Crippen LogP contribution in [0.5, 0.6) is 0 Å². The maximum atomic E-state index is 12.4. The van der Waals surface area contributed by atoms with E-state index in [-0.39, 0.29) is 29.8 Å². The molecule has 110 valence electrons. The molecular weight excluding hydrogens is 242 g/mol. The largest absolute Gasteiger partial charge is 0.357 e. The molecule has 0 aromatic heterocycles. The van der Waals surface area contributed by atoms with Gasteiger partial charge in [-0.15, -0.1) is 0 Å². The van der Waals surface area contributed by atoms with Crippen molar-refractivity contribution in [3.8, 4) is 0 Å². The minimum absolute atomic E-state index is 0.0241. The van der Waals surface area contributed by atoms with E-state index < -0.39 is 0 Å². The highest BCUT2D eigenvalue weighted by atomic mass is 16.2. The molecule has 0 aromatic rings. The molecule has 3 N–H and O–H groups in total. The Bertz CT molecular complexity index is 318. The van der Waals surface area contributed by atoms with Crippen molar-refractivity contribution in [3.05, 3.63) is 0 Å². The van der Waals surface area contributed by atoms with E-state index >= 15 is 0 Å². The third kappa shape index (κ3) is 4.49. The Morgan fingerprint density at radius 1 is 1.37 bits per heavy atom. The molecule has 3 unspecified atom stereocenters. The first-order valence-electron chi connectivity index (χ1n) is 7.25. The Labute approximate surface area is 115 Å². The van der Waals surface area contributed by atoms with Crippen molar-refractivity contribution in [1.29, 1.82) is 0 Å². The summed E-state index contributed by atoms with van der Waals surface area (Å²) in [6, 6.07) is -0.0823. The topological polar surface area (TPSA) is 75.4 Å². The molecule has 1 heterocycles. The van der Waals surface area contributed by atoms with Crippen LogP contribution in [0.2, 0.25) is 0 Å². The van der Waals surface area contributed by atoms with E-state index in [4.69, 9.17) is 5.73 Å². The SMILES string of the molecule is CNC(=O)C1CCCN1C(=O)C(C)CCCC(C)N. The van der Waals surface area contributed by atoms with Crippen molar-refractivity contribution in [2.24, 2.45) is 11.7 Å². The van der Waals surface area contributed by atoms with Gasteiger partial charge in [0.15, 0.2) is 0 Å². The molecule has 2 amide bonds. The molecule has 3 atom stereocenters. The van der Waals surface area contributed by atoms with Gasteiger partial charge in [-0.1, -0.05) is 13.3 Å². The van der Waals surface area contributed by atoms with E-state index in [2.05, 4.69) is 5.32 Å². The standard InChI is InChI=1S/C14H27N3O2/c1-10(6-4-7-11(2)15)14(19)17-9-5-8-12(17)13(18)16-3/h10-12H,4-9,15H2,1-3H3,(H,16,18). The second-order valence-corrected chi connectivity index (χ2v) is 5.61. The Hall–Kier alpha value is -1.10. The average molecular weight is 269 g/mol. The molecule has 1 saturated heterocycles. The number of likely N-dealkylation sites (tertiary alicyclic amines) is 1. The van der Waals surface area contributed by atoms with Crippen LogP contribution < -0.4 is 11.1 Å². The van der Waals surface area contributed by atoms with E-state index in [0.717, 1.165) is 32.1 Å². The van der Waals surface area contributed by atoms with Gasteiger partial charge in [0.05, 0.1) is 0 Å². The van der Waals surface area contributed by atoms with Crippen molar-refractivity contribution in [2.45, 2.75) is 58.0 Å². The van der Waals surface area contributed by atoms with Crippen LogP contribution in [-0.2, 0) is 9.59 Å². The molecule has 0 radical (unpaired) electrons. The quantitative estimate of drug-likeness (QED) is 0.751. The molecule has 19 heavy (non-hydrogen) atoms. The number of likely N-dealkylation sites (N-methyl/N-ethyl adjacent to an activating group) is 1. The van der Waals surface area contributed by atoms with Gasteiger partial charge in [-0.05, 0) is 32.6 Å². The predicted molar refractivity (Wildman–Crippen MR) is 75.5 cm³/mol. The monoisotopic (exact) mass is 269 g/mol. The van der Waals surface area contributed by atoms with Crippen molar-refractivity contribution in [3.63, 3.8) is 0 Å². The second-order valence-electron chi connectivity index (χ2n) is 5.61. The van der Waals surface area contributed by atoms with Gasteiger partial charge in [0.2, 0.25) is 11.8 Å². The molecule has 1 aliphatic heterocycles. The normalized spacial score (nSPS) is 22.1. The van der Waals surface area contributed by atoms with E-state index in [1.54, 1.807) is 11.9 Å². The molecule has 5 nitrogen and oxygen atoms in total. The first-order valence-corrected chi connectivity index (χ1v) is 7.25. The lowest BCUT2D eigenvalue weighted by molar-refractivity contribution is -0.141. The fourth-order valence-corrected chi connectivity index (χ4v) is 2.62. The molecule has 1 rings (SSSR count). The Morgan fingerprint density at radius 3 is 2.63 bits per heavy atom. The van der Waals surface area contributed by atoms with Crippen LogP contribution in [-0.4, -0.2) is 42.4 Å². The van der Waals surface area contributed by atoms with Crippen molar-refractivity contribution in [2.75, 3.05) is 13.6 Å². The molecule has 0 spiro atoms. The van der Waals surface area contributed by atoms with E-state index in [1.165, 1.54) is 0 Å². The number of hydrogen-bond donors (Lipinski definition) is 2. The number of carbonyl (C=O) groups excluding carboxylic acids is 2. The molecular formula is C14H27N3O2. The summed E-state index contributed by atoms with van der Waals surface area (Å²) in [5, 5.41) is 2.64. The molecule has 0 bridgehead atoms. The van der Waals surface area contributed by atoms with Gasteiger partial charge in [0.1, 0.15) is 6.04 Å². The van der Waals surface area contributed by atoms with Crippen LogP contribution in [0.3, 0.4) is 0 Å².